The molecule has 0 saturated carbocycles. The summed E-state index contributed by atoms with van der Waals surface area (Å²) >= 11 is 17.3. The average molecular weight is 318 g/mol. The number of carbonyl (C=O) groups is 1. The molecule has 0 radical (unpaired) electrons. The molecule has 0 unspecified atom stereocenters. The van der Waals surface area contributed by atoms with Crippen molar-refractivity contribution in [2.75, 3.05) is 6.61 Å². The van der Waals surface area contributed by atoms with E-state index in [1.54, 1.807) is 13.0 Å². The Balaban J connectivity index is 3.22. The number of unbranched alkanes of at least 4 members (excludes halogenated alkanes) is 4. The first-order chi connectivity index (χ1) is 7.95. The minimum absolute atomic E-state index is 0.269. The van der Waals surface area contributed by atoms with E-state index in [9.17, 15) is 4.79 Å². The van der Waals surface area contributed by atoms with Gasteiger partial charge in [-0.3, -0.25) is 0 Å². The van der Waals surface area contributed by atoms with Gasteiger partial charge < -0.3 is 4.74 Å². The van der Waals surface area contributed by atoms with Gasteiger partial charge in [0, 0.05) is 6.08 Å². The first kappa shape index (κ1) is 17.3. The van der Waals surface area contributed by atoms with Gasteiger partial charge in [0.25, 0.3) is 0 Å². The lowest BCUT2D eigenvalue weighted by Gasteiger charge is -2.06. The normalized spacial score (nSPS) is 12.0. The molecule has 0 amide bonds. The van der Waals surface area contributed by atoms with Crippen LogP contribution in [0.2, 0.25) is 6.04 Å². The summed E-state index contributed by atoms with van der Waals surface area (Å²) in [4.78, 5) is 10.9. The Kier molecular flexibility index (Phi) is 10.4. The molecule has 0 bridgehead atoms. The van der Waals surface area contributed by atoms with Crippen molar-refractivity contribution in [1.82, 2.24) is 0 Å². The quantitative estimate of drug-likeness (QED) is 0.202. The molecule has 0 rings (SSSR count). The van der Waals surface area contributed by atoms with Crippen LogP contribution in [-0.4, -0.2) is 18.6 Å². The molecule has 0 N–H and O–H groups in total. The van der Waals surface area contributed by atoms with E-state index in [0.29, 0.717) is 6.61 Å². The van der Waals surface area contributed by atoms with Gasteiger partial charge in [-0.15, -0.1) is 33.2 Å². The molecule has 0 heterocycles. The van der Waals surface area contributed by atoms with Crippen molar-refractivity contribution in [3.05, 3.63) is 12.2 Å². The fraction of sp³-hybridized carbons (Fsp3) is 0.727. The second kappa shape index (κ2) is 10.2. The highest BCUT2D eigenvalue weighted by atomic mass is 35.8. The van der Waals surface area contributed by atoms with Crippen molar-refractivity contribution in [2.45, 2.75) is 45.1 Å². The number of carbonyl (C=O) groups excluding carboxylic acids is 1. The zero-order valence-corrected chi connectivity index (χ0v) is 13.3. The topological polar surface area (TPSA) is 26.3 Å². The van der Waals surface area contributed by atoms with Crippen LogP contribution in [-0.2, 0) is 9.53 Å². The predicted molar refractivity (Wildman–Crippen MR) is 77.0 cm³/mol. The van der Waals surface area contributed by atoms with Gasteiger partial charge in [0.1, 0.15) is 0 Å². The Labute approximate surface area is 118 Å². The molecule has 100 valence electrons. The summed E-state index contributed by atoms with van der Waals surface area (Å²) in [6.45, 7) is 2.28. The molecule has 0 aromatic heterocycles. The first-order valence-electron chi connectivity index (χ1n) is 5.82. The molecule has 0 saturated heterocycles. The molecule has 0 aliphatic rings. The number of rotatable bonds is 9. The third-order valence-electron chi connectivity index (χ3n) is 2.15. The van der Waals surface area contributed by atoms with E-state index >= 15 is 0 Å². The second-order valence-electron chi connectivity index (χ2n) is 3.80. The van der Waals surface area contributed by atoms with Gasteiger partial charge in [0.15, 0.2) is 0 Å². The molecule has 0 aromatic carbocycles. The van der Waals surface area contributed by atoms with Crippen LogP contribution in [0.1, 0.15) is 39.0 Å². The fourth-order valence-electron chi connectivity index (χ4n) is 1.31. The molecule has 6 heteroatoms. The minimum Gasteiger partial charge on any atom is -0.463 e. The van der Waals surface area contributed by atoms with Crippen LogP contribution < -0.4 is 0 Å². The van der Waals surface area contributed by atoms with Crippen molar-refractivity contribution in [1.29, 1.82) is 0 Å². The zero-order valence-electron chi connectivity index (χ0n) is 10.1. The van der Waals surface area contributed by atoms with Crippen LogP contribution >= 0.6 is 33.2 Å². The fourth-order valence-corrected chi connectivity index (χ4v) is 3.17. The molecule has 17 heavy (non-hydrogen) atoms. The Hall–Kier alpha value is 0.297. The third kappa shape index (κ3) is 14.2. The zero-order chi connectivity index (χ0) is 13.1. The number of hydrogen-bond donors (Lipinski definition) is 0. The van der Waals surface area contributed by atoms with Crippen LogP contribution in [0.5, 0.6) is 0 Å². The monoisotopic (exact) mass is 316 g/mol. The van der Waals surface area contributed by atoms with Crippen LogP contribution in [0.4, 0.5) is 0 Å². The SMILES string of the molecule is CC=CC(=O)OCCCCCCC[Si](Cl)(Cl)Cl. The highest BCUT2D eigenvalue weighted by Gasteiger charge is 2.23. The maximum Gasteiger partial charge on any atom is 0.341 e. The Morgan fingerprint density at radius 1 is 1.12 bits per heavy atom. The summed E-state index contributed by atoms with van der Waals surface area (Å²) in [5.74, 6) is -0.269. The van der Waals surface area contributed by atoms with E-state index in [4.69, 9.17) is 38.0 Å². The lowest BCUT2D eigenvalue weighted by atomic mass is 10.2. The van der Waals surface area contributed by atoms with Crippen molar-refractivity contribution in [2.24, 2.45) is 0 Å². The van der Waals surface area contributed by atoms with Crippen LogP contribution in [0.25, 0.3) is 0 Å². The van der Waals surface area contributed by atoms with E-state index in [0.717, 1.165) is 38.1 Å². The van der Waals surface area contributed by atoms with E-state index < -0.39 is 6.00 Å². The summed E-state index contributed by atoms with van der Waals surface area (Å²) < 4.78 is 4.96. The van der Waals surface area contributed by atoms with Gasteiger partial charge in [0.2, 0.25) is 0 Å². The molecule has 0 atom stereocenters. The van der Waals surface area contributed by atoms with Crippen LogP contribution in [0, 0.1) is 0 Å². The standard InChI is InChI=1S/C11H19Cl3O2Si/c1-2-8-11(15)16-9-6-4-3-5-7-10-17(12,13)14/h2,8H,3-7,9-10H2,1H3. The predicted octanol–water partition coefficient (Wildman–Crippen LogP) is 4.71. The second-order valence-corrected chi connectivity index (χ2v) is 13.1. The van der Waals surface area contributed by atoms with Gasteiger partial charge in [-0.1, -0.05) is 31.8 Å². The third-order valence-corrected chi connectivity index (χ3v) is 4.77. The van der Waals surface area contributed by atoms with Crippen molar-refractivity contribution in [3.63, 3.8) is 0 Å². The average Bonchev–Trinajstić information content (AvgIpc) is 2.21. The summed E-state index contributed by atoms with van der Waals surface area (Å²) in [5, 5.41) is 0. The van der Waals surface area contributed by atoms with E-state index in [-0.39, 0.29) is 5.97 Å². The van der Waals surface area contributed by atoms with Gasteiger partial charge in [-0.2, -0.15) is 0 Å². The molecule has 0 aromatic rings. The molecular weight excluding hydrogens is 299 g/mol. The van der Waals surface area contributed by atoms with Crippen LogP contribution in [0.15, 0.2) is 12.2 Å². The Bertz CT molecular complexity index is 239. The largest absolute Gasteiger partial charge is 0.463 e. The maximum atomic E-state index is 10.9. The first-order valence-corrected chi connectivity index (χ1v) is 11.1. The Morgan fingerprint density at radius 3 is 2.29 bits per heavy atom. The maximum absolute atomic E-state index is 10.9. The summed E-state index contributed by atoms with van der Waals surface area (Å²) in [6, 6.07) is -1.69. The van der Waals surface area contributed by atoms with Gasteiger partial charge in [-0.05, 0) is 19.4 Å². The summed E-state index contributed by atoms with van der Waals surface area (Å²) in [5.41, 5.74) is 0. The number of allylic oxidation sites excluding steroid dienone is 1. The smallest absolute Gasteiger partial charge is 0.341 e. The summed E-state index contributed by atoms with van der Waals surface area (Å²) in [6.07, 6.45) is 8.18. The number of halogens is 3. The highest BCUT2D eigenvalue weighted by Crippen LogP contribution is 2.27. The number of ether oxygens (including phenoxy) is 1. The molecule has 0 fully saturated rings. The molecule has 0 aliphatic carbocycles. The molecule has 0 aliphatic heterocycles. The summed E-state index contributed by atoms with van der Waals surface area (Å²) in [7, 11) is 0. The Morgan fingerprint density at radius 2 is 1.71 bits per heavy atom. The number of hydrogen-bond acceptors (Lipinski definition) is 2. The van der Waals surface area contributed by atoms with Gasteiger partial charge in [-0.25, -0.2) is 4.79 Å². The lowest BCUT2D eigenvalue weighted by molar-refractivity contribution is -0.137. The minimum atomic E-state index is -2.42. The molecule has 0 spiro atoms. The van der Waals surface area contributed by atoms with Crippen molar-refractivity contribution in [3.8, 4) is 0 Å². The van der Waals surface area contributed by atoms with Crippen molar-refractivity contribution < 1.29 is 9.53 Å². The van der Waals surface area contributed by atoms with Gasteiger partial charge in [0.05, 0.1) is 6.61 Å². The highest BCUT2D eigenvalue weighted by molar-refractivity contribution is 7.64. The van der Waals surface area contributed by atoms with E-state index in [1.807, 2.05) is 0 Å². The van der Waals surface area contributed by atoms with Crippen LogP contribution in [0.3, 0.4) is 0 Å². The van der Waals surface area contributed by atoms with Crippen molar-refractivity contribution >= 4 is 45.2 Å². The van der Waals surface area contributed by atoms with E-state index in [2.05, 4.69) is 0 Å². The van der Waals surface area contributed by atoms with E-state index in [1.165, 1.54) is 6.08 Å². The van der Waals surface area contributed by atoms with Gasteiger partial charge >= 0.3 is 12.0 Å². The number of esters is 1. The molecular formula is C11H19Cl3O2Si. The lowest BCUT2D eigenvalue weighted by Crippen LogP contribution is -2.07. The molecule has 2 nitrogen and oxygen atoms in total.